The van der Waals surface area contributed by atoms with Gasteiger partial charge in [-0.05, 0) is 57.9 Å². The molecule has 0 N–H and O–H groups in total. The minimum atomic E-state index is -0.302. The summed E-state index contributed by atoms with van der Waals surface area (Å²) in [7, 11) is 4.03. The smallest absolute Gasteiger partial charge is 0.274 e. The third kappa shape index (κ3) is 7.07. The third-order valence-electron chi connectivity index (χ3n) is 5.03. The maximum atomic E-state index is 11.5. The van der Waals surface area contributed by atoms with Crippen LogP contribution in [-0.2, 0) is 6.54 Å². The highest BCUT2D eigenvalue weighted by Gasteiger charge is 2.16. The molecule has 30 heavy (non-hydrogen) atoms. The highest BCUT2D eigenvalue weighted by Crippen LogP contribution is 2.25. The average Bonchev–Trinajstić information content (AvgIpc) is 2.71. The van der Waals surface area contributed by atoms with E-state index in [1.807, 2.05) is 26.2 Å². The lowest BCUT2D eigenvalue weighted by Gasteiger charge is -2.25. The van der Waals surface area contributed by atoms with Gasteiger partial charge in [-0.3, -0.25) is 10.1 Å². The zero-order valence-corrected chi connectivity index (χ0v) is 18.8. The van der Waals surface area contributed by atoms with E-state index < -0.39 is 0 Å². The van der Waals surface area contributed by atoms with Crippen LogP contribution in [0.5, 0.6) is 0 Å². The van der Waals surface area contributed by atoms with Crippen molar-refractivity contribution in [3.8, 4) is 0 Å². The standard InChI is InChI=1S/C25H33N3O2/c1-20(2)9-8-10-21(3)17-18-27(24-15-13-23(14-16-24)26(4)5)19-22-11-6-7-12-25(22)28(29)30/h6-7,9,11-17H,8,10,18-19H2,1-5H3. The molecule has 0 heterocycles. The number of nitrogens with zero attached hydrogens (tertiary/aromatic N) is 3. The van der Waals surface area contributed by atoms with E-state index in [9.17, 15) is 10.1 Å². The Labute approximate surface area is 180 Å². The fourth-order valence-corrected chi connectivity index (χ4v) is 3.21. The van der Waals surface area contributed by atoms with Gasteiger partial charge in [0.05, 0.1) is 11.5 Å². The van der Waals surface area contributed by atoms with E-state index >= 15 is 0 Å². The summed E-state index contributed by atoms with van der Waals surface area (Å²) in [6, 6.07) is 15.3. The van der Waals surface area contributed by atoms with Gasteiger partial charge in [0.25, 0.3) is 5.69 Å². The molecule has 0 aromatic heterocycles. The molecule has 2 rings (SSSR count). The first-order chi connectivity index (χ1) is 14.3. The van der Waals surface area contributed by atoms with Crippen LogP contribution in [0.25, 0.3) is 0 Å². The van der Waals surface area contributed by atoms with Crippen molar-refractivity contribution in [1.29, 1.82) is 0 Å². The summed E-state index contributed by atoms with van der Waals surface area (Å²) < 4.78 is 0. The van der Waals surface area contributed by atoms with Crippen LogP contribution in [0.1, 0.15) is 39.2 Å². The van der Waals surface area contributed by atoms with E-state index in [-0.39, 0.29) is 10.6 Å². The van der Waals surface area contributed by atoms with Crippen molar-refractivity contribution >= 4 is 17.1 Å². The number of benzene rings is 2. The predicted molar refractivity (Wildman–Crippen MR) is 127 cm³/mol. The lowest BCUT2D eigenvalue weighted by molar-refractivity contribution is -0.385. The Morgan fingerprint density at radius 2 is 1.60 bits per heavy atom. The van der Waals surface area contributed by atoms with Gasteiger partial charge >= 0.3 is 0 Å². The second-order valence-corrected chi connectivity index (χ2v) is 8.05. The maximum Gasteiger partial charge on any atom is 0.274 e. The van der Waals surface area contributed by atoms with Crippen molar-refractivity contribution in [2.75, 3.05) is 30.4 Å². The molecule has 0 amide bonds. The number of para-hydroxylation sites is 1. The second-order valence-electron chi connectivity index (χ2n) is 8.05. The third-order valence-corrected chi connectivity index (χ3v) is 5.03. The molecule has 0 saturated heterocycles. The van der Waals surface area contributed by atoms with Gasteiger partial charge in [0, 0.05) is 43.6 Å². The van der Waals surface area contributed by atoms with Crippen molar-refractivity contribution in [3.05, 3.63) is 87.5 Å². The van der Waals surface area contributed by atoms with Crippen LogP contribution in [0.3, 0.4) is 0 Å². The van der Waals surface area contributed by atoms with Gasteiger partial charge in [-0.1, -0.05) is 41.5 Å². The quantitative estimate of drug-likeness (QED) is 0.261. The number of allylic oxidation sites excluding steroid dienone is 3. The predicted octanol–water partition coefficient (Wildman–Crippen LogP) is 6.36. The number of hydrogen-bond acceptors (Lipinski definition) is 4. The summed E-state index contributed by atoms with van der Waals surface area (Å²) >= 11 is 0. The van der Waals surface area contributed by atoms with Crippen LogP contribution in [0.15, 0.2) is 71.8 Å². The summed E-state index contributed by atoms with van der Waals surface area (Å²) in [4.78, 5) is 15.4. The van der Waals surface area contributed by atoms with Crippen LogP contribution < -0.4 is 9.80 Å². The van der Waals surface area contributed by atoms with Crippen molar-refractivity contribution in [1.82, 2.24) is 0 Å². The van der Waals surface area contributed by atoms with E-state index in [1.165, 1.54) is 11.1 Å². The summed E-state index contributed by atoms with van der Waals surface area (Å²) in [6.45, 7) is 7.57. The van der Waals surface area contributed by atoms with Crippen LogP contribution in [-0.4, -0.2) is 25.6 Å². The minimum Gasteiger partial charge on any atom is -0.378 e. The van der Waals surface area contributed by atoms with Gasteiger partial charge in [0.15, 0.2) is 0 Å². The van der Waals surface area contributed by atoms with E-state index in [4.69, 9.17) is 0 Å². The second kappa shape index (κ2) is 11.2. The molecule has 5 nitrogen and oxygen atoms in total. The van der Waals surface area contributed by atoms with Crippen LogP contribution in [0, 0.1) is 10.1 Å². The first kappa shape index (κ1) is 23.2. The molecule has 0 spiro atoms. The van der Waals surface area contributed by atoms with Crippen molar-refractivity contribution < 1.29 is 4.92 Å². The largest absolute Gasteiger partial charge is 0.378 e. The first-order valence-electron chi connectivity index (χ1n) is 10.3. The van der Waals surface area contributed by atoms with Gasteiger partial charge in [-0.25, -0.2) is 0 Å². The normalized spacial score (nSPS) is 11.2. The maximum absolute atomic E-state index is 11.5. The number of nitro groups is 1. The highest BCUT2D eigenvalue weighted by atomic mass is 16.6. The highest BCUT2D eigenvalue weighted by molar-refractivity contribution is 5.57. The van der Waals surface area contributed by atoms with E-state index in [1.54, 1.807) is 12.1 Å². The molecular weight excluding hydrogens is 374 g/mol. The van der Waals surface area contributed by atoms with E-state index in [0.717, 1.165) is 29.8 Å². The molecule has 160 valence electrons. The fraction of sp³-hybridized carbons (Fsp3) is 0.360. The zero-order chi connectivity index (χ0) is 22.1. The Kier molecular flexibility index (Phi) is 8.66. The lowest BCUT2D eigenvalue weighted by Crippen LogP contribution is -2.23. The molecule has 2 aromatic rings. The topological polar surface area (TPSA) is 49.6 Å². The molecular formula is C25H33N3O2. The average molecular weight is 408 g/mol. The monoisotopic (exact) mass is 407 g/mol. The van der Waals surface area contributed by atoms with Gasteiger partial charge in [0.2, 0.25) is 0 Å². The van der Waals surface area contributed by atoms with Crippen LogP contribution in [0.4, 0.5) is 17.1 Å². The van der Waals surface area contributed by atoms with Gasteiger partial charge in [-0.15, -0.1) is 0 Å². The Morgan fingerprint density at radius 1 is 0.967 bits per heavy atom. The summed E-state index contributed by atoms with van der Waals surface area (Å²) in [6.07, 6.45) is 6.53. The van der Waals surface area contributed by atoms with Gasteiger partial charge in [0.1, 0.15) is 0 Å². The Hall–Kier alpha value is -3.08. The SMILES string of the molecule is CC(C)=CCCC(C)=CCN(Cc1ccccc1[N+](=O)[O-])c1ccc(N(C)C)cc1. The Morgan fingerprint density at radius 3 is 2.20 bits per heavy atom. The van der Waals surface area contributed by atoms with Crippen molar-refractivity contribution in [3.63, 3.8) is 0 Å². The molecule has 0 aliphatic carbocycles. The molecule has 2 aromatic carbocycles. The molecule has 0 saturated carbocycles. The fourth-order valence-electron chi connectivity index (χ4n) is 3.21. The molecule has 5 heteroatoms. The molecule has 0 fully saturated rings. The van der Waals surface area contributed by atoms with Crippen molar-refractivity contribution in [2.24, 2.45) is 0 Å². The molecule has 0 aliphatic heterocycles. The number of hydrogen-bond donors (Lipinski definition) is 0. The first-order valence-corrected chi connectivity index (χ1v) is 10.3. The minimum absolute atomic E-state index is 0.164. The lowest BCUT2D eigenvalue weighted by atomic mass is 10.1. The Balaban J connectivity index is 2.26. The molecule has 0 unspecified atom stereocenters. The molecule has 0 atom stereocenters. The van der Waals surface area contributed by atoms with Gasteiger partial charge in [-0.2, -0.15) is 0 Å². The van der Waals surface area contributed by atoms with E-state index in [0.29, 0.717) is 13.1 Å². The summed E-state index contributed by atoms with van der Waals surface area (Å²) in [5.41, 5.74) is 5.71. The number of rotatable bonds is 10. The Bertz CT molecular complexity index is 895. The number of nitro benzene ring substituents is 1. The zero-order valence-electron chi connectivity index (χ0n) is 18.8. The van der Waals surface area contributed by atoms with E-state index in [2.05, 4.69) is 67.0 Å². The molecule has 0 bridgehead atoms. The number of anilines is 2. The summed E-state index contributed by atoms with van der Waals surface area (Å²) in [5, 5.41) is 11.5. The van der Waals surface area contributed by atoms with Crippen LogP contribution in [0.2, 0.25) is 0 Å². The van der Waals surface area contributed by atoms with Gasteiger partial charge < -0.3 is 9.80 Å². The van der Waals surface area contributed by atoms with Crippen LogP contribution >= 0.6 is 0 Å². The van der Waals surface area contributed by atoms with Crippen molar-refractivity contribution in [2.45, 2.75) is 40.2 Å². The molecule has 0 radical (unpaired) electrons. The molecule has 0 aliphatic rings. The summed E-state index contributed by atoms with van der Waals surface area (Å²) in [5.74, 6) is 0.